The number of carbonyl (C=O) groups is 4. The first kappa shape index (κ1) is 25.6. The van der Waals surface area contributed by atoms with Gasteiger partial charge in [-0.05, 0) is 36.4 Å². The van der Waals surface area contributed by atoms with Gasteiger partial charge in [0.1, 0.15) is 12.7 Å². The van der Waals surface area contributed by atoms with Crippen LogP contribution in [0.1, 0.15) is 38.0 Å². The van der Waals surface area contributed by atoms with Gasteiger partial charge in [0.2, 0.25) is 12.4 Å². The Morgan fingerprint density at radius 3 is 1.51 bits per heavy atom. The minimum Gasteiger partial charge on any atom is -0.459 e. The second-order valence-corrected chi connectivity index (χ2v) is 8.09. The van der Waals surface area contributed by atoms with E-state index in [9.17, 15) is 19.2 Å². The summed E-state index contributed by atoms with van der Waals surface area (Å²) in [5.41, 5.74) is 0.782. The van der Waals surface area contributed by atoms with Crippen LogP contribution in [-0.2, 0) is 28.5 Å². The highest BCUT2D eigenvalue weighted by molar-refractivity contribution is 5.91. The molecule has 1 saturated heterocycles. The van der Waals surface area contributed by atoms with Crippen LogP contribution in [-0.4, -0.2) is 55.1 Å². The molecule has 0 saturated carbocycles. The fraction of sp³-hybridized carbons (Fsp3) is 0.214. The van der Waals surface area contributed by atoms with E-state index in [1.165, 1.54) is 0 Å². The van der Waals surface area contributed by atoms with Crippen molar-refractivity contribution in [3.63, 3.8) is 0 Å². The maximum absolute atomic E-state index is 12.9. The van der Waals surface area contributed by atoms with Crippen LogP contribution in [0.4, 0.5) is 0 Å². The molecule has 1 aliphatic heterocycles. The van der Waals surface area contributed by atoms with Gasteiger partial charge in [0.05, 0.1) is 16.7 Å². The third-order valence-electron chi connectivity index (χ3n) is 5.44. The maximum atomic E-state index is 12.9. The predicted molar refractivity (Wildman–Crippen MR) is 128 cm³/mol. The fourth-order valence-electron chi connectivity index (χ4n) is 3.70. The second-order valence-electron chi connectivity index (χ2n) is 8.09. The maximum Gasteiger partial charge on any atom is 0.338 e. The summed E-state index contributed by atoms with van der Waals surface area (Å²) >= 11 is 0. The van der Waals surface area contributed by atoms with E-state index in [0.29, 0.717) is 5.56 Å². The number of ether oxygens (including phenoxy) is 5. The lowest BCUT2D eigenvalue weighted by molar-refractivity contribution is -0.187. The summed E-state index contributed by atoms with van der Waals surface area (Å²) in [5.74, 6) is -2.81. The lowest BCUT2D eigenvalue weighted by Gasteiger charge is -2.24. The molecule has 1 aliphatic rings. The fourth-order valence-corrected chi connectivity index (χ4v) is 3.70. The molecule has 1 fully saturated rings. The van der Waals surface area contributed by atoms with Gasteiger partial charge in [-0.1, -0.05) is 54.6 Å². The Balaban J connectivity index is 1.58. The number of carbonyl (C=O) groups excluding carboxylic acids is 4. The molecule has 0 amide bonds. The summed E-state index contributed by atoms with van der Waals surface area (Å²) in [4.78, 5) is 50.0. The first-order chi connectivity index (χ1) is 17.9. The monoisotopic (exact) mass is 504 g/mol. The SMILES string of the molecule is CC(=O)OC1OC(COC(=O)c2ccccc2)C(OC(=O)c2ccccc2)[C@H]1OC(=O)c1ccccc1. The quantitative estimate of drug-likeness (QED) is 0.335. The summed E-state index contributed by atoms with van der Waals surface area (Å²) < 4.78 is 27.7. The third kappa shape index (κ3) is 6.59. The lowest BCUT2D eigenvalue weighted by atomic mass is 10.1. The molecule has 0 bridgehead atoms. The summed E-state index contributed by atoms with van der Waals surface area (Å²) in [5, 5.41) is 0. The first-order valence-electron chi connectivity index (χ1n) is 11.5. The van der Waals surface area contributed by atoms with Crippen molar-refractivity contribution in [3.05, 3.63) is 108 Å². The van der Waals surface area contributed by atoms with Crippen molar-refractivity contribution < 1.29 is 42.9 Å². The number of esters is 4. The van der Waals surface area contributed by atoms with Crippen LogP contribution < -0.4 is 0 Å². The Morgan fingerprint density at radius 2 is 1.05 bits per heavy atom. The van der Waals surface area contributed by atoms with Crippen molar-refractivity contribution in [3.8, 4) is 0 Å². The predicted octanol–water partition coefficient (Wildman–Crippen LogP) is 3.58. The van der Waals surface area contributed by atoms with E-state index in [1.807, 2.05) is 0 Å². The molecule has 0 N–H and O–H groups in total. The molecule has 3 unspecified atom stereocenters. The van der Waals surface area contributed by atoms with Crippen LogP contribution in [0.2, 0.25) is 0 Å². The van der Waals surface area contributed by atoms with E-state index in [-0.39, 0.29) is 17.7 Å². The molecule has 0 aromatic heterocycles. The molecular weight excluding hydrogens is 480 g/mol. The number of benzene rings is 3. The first-order valence-corrected chi connectivity index (χ1v) is 11.5. The lowest BCUT2D eigenvalue weighted by Crippen LogP contribution is -2.42. The molecule has 3 aromatic rings. The van der Waals surface area contributed by atoms with Crippen LogP contribution in [0.15, 0.2) is 91.0 Å². The van der Waals surface area contributed by atoms with Gasteiger partial charge in [-0.25, -0.2) is 14.4 Å². The molecule has 9 heteroatoms. The zero-order valence-electron chi connectivity index (χ0n) is 19.9. The Hall–Kier alpha value is -4.50. The van der Waals surface area contributed by atoms with E-state index >= 15 is 0 Å². The number of rotatable bonds is 8. The van der Waals surface area contributed by atoms with Crippen molar-refractivity contribution in [1.29, 1.82) is 0 Å². The van der Waals surface area contributed by atoms with Crippen LogP contribution in [0.3, 0.4) is 0 Å². The number of hydrogen-bond acceptors (Lipinski definition) is 9. The van der Waals surface area contributed by atoms with Gasteiger partial charge in [0, 0.05) is 6.92 Å². The molecule has 0 radical (unpaired) electrons. The van der Waals surface area contributed by atoms with Crippen molar-refractivity contribution >= 4 is 23.9 Å². The number of hydrogen-bond donors (Lipinski definition) is 0. The van der Waals surface area contributed by atoms with E-state index in [0.717, 1.165) is 6.92 Å². The standard InChI is InChI=1S/C28H24O9/c1-18(29)34-28-24(37-27(32)21-15-9-4-10-16-21)23(36-26(31)20-13-7-3-8-14-20)22(35-28)17-33-25(30)19-11-5-2-6-12-19/h2-16,22-24,28H,17H2,1H3/t22?,23?,24-,28?/m1/s1. The molecular formula is C28H24O9. The van der Waals surface area contributed by atoms with Gasteiger partial charge < -0.3 is 23.7 Å². The van der Waals surface area contributed by atoms with E-state index in [2.05, 4.69) is 0 Å². The zero-order valence-corrected chi connectivity index (χ0v) is 19.9. The molecule has 3 aromatic carbocycles. The minimum atomic E-state index is -1.40. The van der Waals surface area contributed by atoms with E-state index in [4.69, 9.17) is 23.7 Å². The second kappa shape index (κ2) is 12.0. The van der Waals surface area contributed by atoms with Gasteiger partial charge in [-0.3, -0.25) is 4.79 Å². The molecule has 0 spiro atoms. The topological polar surface area (TPSA) is 114 Å². The van der Waals surface area contributed by atoms with E-state index < -0.39 is 48.5 Å². The Bertz CT molecular complexity index is 1230. The summed E-state index contributed by atoms with van der Waals surface area (Å²) in [6, 6.07) is 24.6. The Morgan fingerprint density at radius 1 is 0.622 bits per heavy atom. The minimum absolute atomic E-state index is 0.233. The Kier molecular flexibility index (Phi) is 8.27. The van der Waals surface area contributed by atoms with E-state index in [1.54, 1.807) is 91.0 Å². The van der Waals surface area contributed by atoms with Gasteiger partial charge in [0.15, 0.2) is 6.10 Å². The van der Waals surface area contributed by atoms with Crippen molar-refractivity contribution in [2.45, 2.75) is 31.5 Å². The van der Waals surface area contributed by atoms with Gasteiger partial charge in [-0.15, -0.1) is 0 Å². The van der Waals surface area contributed by atoms with Crippen molar-refractivity contribution in [2.24, 2.45) is 0 Å². The molecule has 9 nitrogen and oxygen atoms in total. The summed E-state index contributed by atoms with van der Waals surface area (Å²) in [7, 11) is 0. The molecule has 190 valence electrons. The zero-order chi connectivity index (χ0) is 26.2. The molecule has 4 rings (SSSR count). The van der Waals surface area contributed by atoms with Crippen LogP contribution in [0, 0.1) is 0 Å². The Labute approximate surface area is 212 Å². The summed E-state index contributed by atoms with van der Waals surface area (Å²) in [6.07, 6.45) is -5.09. The van der Waals surface area contributed by atoms with Crippen molar-refractivity contribution in [2.75, 3.05) is 6.61 Å². The highest BCUT2D eigenvalue weighted by Crippen LogP contribution is 2.30. The average molecular weight is 504 g/mol. The van der Waals surface area contributed by atoms with Crippen LogP contribution in [0.25, 0.3) is 0 Å². The third-order valence-corrected chi connectivity index (χ3v) is 5.44. The van der Waals surface area contributed by atoms with Gasteiger partial charge in [-0.2, -0.15) is 0 Å². The van der Waals surface area contributed by atoms with Gasteiger partial charge in [0.25, 0.3) is 0 Å². The average Bonchev–Trinajstić information content (AvgIpc) is 3.23. The summed E-state index contributed by atoms with van der Waals surface area (Å²) in [6.45, 7) is 0.796. The highest BCUT2D eigenvalue weighted by Gasteiger charge is 2.52. The smallest absolute Gasteiger partial charge is 0.338 e. The molecule has 37 heavy (non-hydrogen) atoms. The van der Waals surface area contributed by atoms with Gasteiger partial charge >= 0.3 is 23.9 Å². The van der Waals surface area contributed by atoms with Crippen LogP contribution in [0.5, 0.6) is 0 Å². The largest absolute Gasteiger partial charge is 0.459 e. The molecule has 1 heterocycles. The van der Waals surface area contributed by atoms with Crippen molar-refractivity contribution in [1.82, 2.24) is 0 Å². The molecule has 4 atom stereocenters. The molecule has 0 aliphatic carbocycles. The highest BCUT2D eigenvalue weighted by atomic mass is 16.8. The van der Waals surface area contributed by atoms with Crippen LogP contribution >= 0.6 is 0 Å². The normalized spacial score (nSPS) is 20.5.